The van der Waals surface area contributed by atoms with Crippen molar-refractivity contribution in [3.05, 3.63) is 83.4 Å². The number of hydrogen-bond donors (Lipinski definition) is 2. The molecule has 162 valence electrons. The fourth-order valence-electron chi connectivity index (χ4n) is 3.82. The van der Waals surface area contributed by atoms with Crippen LogP contribution in [-0.4, -0.2) is 41.8 Å². The van der Waals surface area contributed by atoms with Crippen LogP contribution in [0.25, 0.3) is 0 Å². The molecule has 31 heavy (non-hydrogen) atoms. The van der Waals surface area contributed by atoms with E-state index in [-0.39, 0.29) is 0 Å². The lowest BCUT2D eigenvalue weighted by Gasteiger charge is -2.12. The van der Waals surface area contributed by atoms with Crippen molar-refractivity contribution in [2.24, 2.45) is 4.99 Å². The van der Waals surface area contributed by atoms with Crippen molar-refractivity contribution in [2.75, 3.05) is 26.2 Å². The summed E-state index contributed by atoms with van der Waals surface area (Å²) in [6, 6.07) is 17.0. The first kappa shape index (κ1) is 21.0. The highest BCUT2D eigenvalue weighted by Crippen LogP contribution is 2.25. The van der Waals surface area contributed by atoms with E-state index in [4.69, 9.17) is 9.73 Å². The summed E-state index contributed by atoms with van der Waals surface area (Å²) in [5, 5.41) is 6.79. The first-order valence-corrected chi connectivity index (χ1v) is 11.1. The summed E-state index contributed by atoms with van der Waals surface area (Å²) in [6.45, 7) is 6.10. The van der Waals surface area contributed by atoms with Crippen LogP contribution in [0.4, 0.5) is 0 Å². The van der Waals surface area contributed by atoms with Gasteiger partial charge < -0.3 is 19.9 Å². The van der Waals surface area contributed by atoms with E-state index in [1.165, 1.54) is 16.7 Å². The maximum absolute atomic E-state index is 5.59. The van der Waals surface area contributed by atoms with Crippen molar-refractivity contribution in [1.82, 2.24) is 20.2 Å². The van der Waals surface area contributed by atoms with Gasteiger partial charge in [0.05, 0.1) is 6.61 Å². The Labute approximate surface area is 184 Å². The van der Waals surface area contributed by atoms with Gasteiger partial charge in [0.15, 0.2) is 5.96 Å². The zero-order valence-corrected chi connectivity index (χ0v) is 18.2. The van der Waals surface area contributed by atoms with Gasteiger partial charge in [-0.25, -0.2) is 4.98 Å². The van der Waals surface area contributed by atoms with Gasteiger partial charge in [-0.2, -0.15) is 0 Å². The quantitative estimate of drug-likeness (QED) is 0.415. The number of aliphatic imine (C=N–C) groups is 1. The predicted molar refractivity (Wildman–Crippen MR) is 125 cm³/mol. The zero-order valence-electron chi connectivity index (χ0n) is 18.2. The Morgan fingerprint density at radius 1 is 1.10 bits per heavy atom. The lowest BCUT2D eigenvalue weighted by molar-refractivity contribution is 0.357. The third kappa shape index (κ3) is 5.87. The van der Waals surface area contributed by atoms with Crippen molar-refractivity contribution >= 4 is 5.96 Å². The van der Waals surface area contributed by atoms with Crippen LogP contribution in [0, 0.1) is 0 Å². The van der Waals surface area contributed by atoms with Crippen molar-refractivity contribution in [1.29, 1.82) is 0 Å². The van der Waals surface area contributed by atoms with E-state index in [9.17, 15) is 0 Å². The maximum atomic E-state index is 5.59. The van der Waals surface area contributed by atoms with Crippen molar-refractivity contribution in [2.45, 2.75) is 32.7 Å². The molecule has 2 aromatic carbocycles. The number of imidazole rings is 1. The van der Waals surface area contributed by atoms with Crippen LogP contribution in [0.2, 0.25) is 0 Å². The monoisotopic (exact) mass is 417 g/mol. The Morgan fingerprint density at radius 2 is 2.00 bits per heavy atom. The minimum atomic E-state index is 0.692. The Bertz CT molecular complexity index is 996. The Balaban J connectivity index is 1.28. The number of nitrogens with zero attached hydrogens (tertiary/aromatic N) is 3. The van der Waals surface area contributed by atoms with E-state index in [2.05, 4.69) is 69.6 Å². The van der Waals surface area contributed by atoms with Gasteiger partial charge in [0, 0.05) is 51.4 Å². The molecule has 6 heteroatoms. The van der Waals surface area contributed by atoms with Gasteiger partial charge in [0.1, 0.15) is 11.6 Å². The fourth-order valence-corrected chi connectivity index (χ4v) is 3.82. The SMILES string of the molecule is CCNC(=NCCc1nccn1Cc1ccccc1)NCCc1ccc2c(c1)CCO2. The van der Waals surface area contributed by atoms with Crippen LogP contribution in [0.15, 0.2) is 65.9 Å². The summed E-state index contributed by atoms with van der Waals surface area (Å²) >= 11 is 0. The molecule has 0 radical (unpaired) electrons. The summed E-state index contributed by atoms with van der Waals surface area (Å²) in [7, 11) is 0. The molecule has 0 saturated heterocycles. The molecule has 2 heterocycles. The van der Waals surface area contributed by atoms with Gasteiger partial charge in [0.2, 0.25) is 0 Å². The summed E-state index contributed by atoms with van der Waals surface area (Å²) in [4.78, 5) is 9.27. The molecular formula is C25H31N5O. The van der Waals surface area contributed by atoms with Crippen LogP contribution in [-0.2, 0) is 25.8 Å². The minimum absolute atomic E-state index is 0.692. The molecule has 1 aliphatic rings. The average molecular weight is 418 g/mol. The Hall–Kier alpha value is -3.28. The van der Waals surface area contributed by atoms with Gasteiger partial charge in [0.25, 0.3) is 0 Å². The standard InChI is InChI=1S/C25H31N5O/c1-2-26-25(28-13-10-20-8-9-23-22(18-20)12-17-31-23)29-14-11-24-27-15-16-30(24)19-21-6-4-3-5-7-21/h3-9,15-16,18H,2,10-14,17,19H2,1H3,(H2,26,28,29). The summed E-state index contributed by atoms with van der Waals surface area (Å²) in [6.07, 6.45) is 6.69. The minimum Gasteiger partial charge on any atom is -0.493 e. The molecule has 1 aromatic heterocycles. The molecule has 0 unspecified atom stereocenters. The number of nitrogens with one attached hydrogen (secondary N) is 2. The van der Waals surface area contributed by atoms with E-state index in [0.29, 0.717) is 6.54 Å². The van der Waals surface area contributed by atoms with Crippen LogP contribution in [0.1, 0.15) is 29.4 Å². The number of fused-ring (bicyclic) bond motifs is 1. The number of aromatic nitrogens is 2. The number of guanidine groups is 1. The highest BCUT2D eigenvalue weighted by molar-refractivity contribution is 5.79. The molecule has 2 N–H and O–H groups in total. The molecule has 0 bridgehead atoms. The molecule has 0 saturated carbocycles. The number of hydrogen-bond acceptors (Lipinski definition) is 3. The normalized spacial score (nSPS) is 13.0. The molecule has 6 nitrogen and oxygen atoms in total. The van der Waals surface area contributed by atoms with Crippen LogP contribution >= 0.6 is 0 Å². The molecule has 4 rings (SSSR count). The second-order valence-electron chi connectivity index (χ2n) is 7.68. The second-order valence-corrected chi connectivity index (χ2v) is 7.68. The zero-order chi connectivity index (χ0) is 21.3. The first-order chi connectivity index (χ1) is 15.3. The molecule has 0 amide bonds. The summed E-state index contributed by atoms with van der Waals surface area (Å²) in [5.74, 6) is 2.95. The van der Waals surface area contributed by atoms with Crippen molar-refractivity contribution in [3.8, 4) is 5.75 Å². The molecular weight excluding hydrogens is 386 g/mol. The molecule has 3 aromatic rings. The fraction of sp³-hybridized carbons (Fsp3) is 0.360. The lowest BCUT2D eigenvalue weighted by Crippen LogP contribution is -2.38. The van der Waals surface area contributed by atoms with Crippen molar-refractivity contribution in [3.63, 3.8) is 0 Å². The van der Waals surface area contributed by atoms with E-state index in [0.717, 1.165) is 63.0 Å². The van der Waals surface area contributed by atoms with Crippen molar-refractivity contribution < 1.29 is 4.74 Å². The molecule has 0 spiro atoms. The average Bonchev–Trinajstić information content (AvgIpc) is 3.43. The Morgan fingerprint density at radius 3 is 2.87 bits per heavy atom. The van der Waals surface area contributed by atoms with Gasteiger partial charge in [-0.05, 0) is 36.1 Å². The summed E-state index contributed by atoms with van der Waals surface area (Å²) in [5.41, 5.74) is 3.93. The largest absolute Gasteiger partial charge is 0.493 e. The predicted octanol–water partition coefficient (Wildman–Crippen LogP) is 3.21. The molecule has 0 atom stereocenters. The highest BCUT2D eigenvalue weighted by atomic mass is 16.5. The van der Waals surface area contributed by atoms with Crippen LogP contribution < -0.4 is 15.4 Å². The smallest absolute Gasteiger partial charge is 0.191 e. The van der Waals surface area contributed by atoms with Gasteiger partial charge >= 0.3 is 0 Å². The lowest BCUT2D eigenvalue weighted by atomic mass is 10.1. The van der Waals surface area contributed by atoms with E-state index < -0.39 is 0 Å². The maximum Gasteiger partial charge on any atom is 0.191 e. The number of rotatable bonds is 9. The van der Waals surface area contributed by atoms with Crippen LogP contribution in [0.3, 0.4) is 0 Å². The van der Waals surface area contributed by atoms with E-state index in [1.54, 1.807) is 0 Å². The first-order valence-electron chi connectivity index (χ1n) is 11.1. The summed E-state index contributed by atoms with van der Waals surface area (Å²) < 4.78 is 7.79. The number of ether oxygens (including phenoxy) is 1. The highest BCUT2D eigenvalue weighted by Gasteiger charge is 2.11. The number of benzene rings is 2. The third-order valence-electron chi connectivity index (χ3n) is 5.41. The van der Waals surface area contributed by atoms with Gasteiger partial charge in [-0.1, -0.05) is 42.5 Å². The van der Waals surface area contributed by atoms with Crippen LogP contribution in [0.5, 0.6) is 5.75 Å². The molecule has 0 fully saturated rings. The second kappa shape index (κ2) is 10.7. The third-order valence-corrected chi connectivity index (χ3v) is 5.41. The van der Waals surface area contributed by atoms with E-state index in [1.807, 2.05) is 18.5 Å². The topological polar surface area (TPSA) is 63.5 Å². The Kier molecular flexibility index (Phi) is 7.21. The van der Waals surface area contributed by atoms with Gasteiger partial charge in [-0.15, -0.1) is 0 Å². The molecule has 1 aliphatic heterocycles. The van der Waals surface area contributed by atoms with E-state index >= 15 is 0 Å². The van der Waals surface area contributed by atoms with Gasteiger partial charge in [-0.3, -0.25) is 4.99 Å². The molecule has 0 aliphatic carbocycles.